The maximum Gasteiger partial charge on any atom is 0.277 e. The van der Waals surface area contributed by atoms with Crippen LogP contribution in [0.5, 0.6) is 17.2 Å². The Morgan fingerprint density at radius 2 is 1.71 bits per heavy atom. The smallest absolute Gasteiger partial charge is 0.277 e. The van der Waals surface area contributed by atoms with Gasteiger partial charge in [0.1, 0.15) is 5.75 Å². The number of ether oxygens (including phenoxy) is 3. The quantitative estimate of drug-likeness (QED) is 0.303. The van der Waals surface area contributed by atoms with Crippen molar-refractivity contribution in [1.29, 1.82) is 0 Å². The van der Waals surface area contributed by atoms with Crippen LogP contribution in [0.4, 0.5) is 5.69 Å². The normalized spacial score (nSPS) is 10.6. The number of benzene rings is 3. The summed E-state index contributed by atoms with van der Waals surface area (Å²) in [6, 6.07) is 19.7. The highest BCUT2D eigenvalue weighted by Gasteiger charge is 2.09. The fourth-order valence-corrected chi connectivity index (χ4v) is 3.16. The summed E-state index contributed by atoms with van der Waals surface area (Å²) in [5.74, 6) is 0.718. The topological polar surface area (TPSA) is 98.2 Å². The summed E-state index contributed by atoms with van der Waals surface area (Å²) in [5, 5.41) is 6.70. The summed E-state index contributed by atoms with van der Waals surface area (Å²) in [4.78, 5) is 24.1. The van der Waals surface area contributed by atoms with Crippen LogP contribution in [0.1, 0.15) is 11.1 Å². The SMILES string of the molecule is COc1cc(/C=N\NC(=O)COc2cccc(Br)c2)ccc1OCC(=O)Nc1ccc(C)cc1. The van der Waals surface area contributed by atoms with Crippen molar-refractivity contribution < 1.29 is 23.8 Å². The second-order valence-corrected chi connectivity index (χ2v) is 8.07. The number of carbonyl (C=O) groups is 2. The lowest BCUT2D eigenvalue weighted by Crippen LogP contribution is -2.24. The first-order valence-electron chi connectivity index (χ1n) is 10.3. The lowest BCUT2D eigenvalue weighted by molar-refractivity contribution is -0.123. The largest absolute Gasteiger partial charge is 0.493 e. The van der Waals surface area contributed by atoms with E-state index < -0.39 is 5.91 Å². The van der Waals surface area contributed by atoms with E-state index in [0.717, 1.165) is 10.0 Å². The molecule has 3 rings (SSSR count). The second kappa shape index (κ2) is 12.4. The van der Waals surface area contributed by atoms with Gasteiger partial charge < -0.3 is 19.5 Å². The second-order valence-electron chi connectivity index (χ2n) is 7.15. The molecular weight excluding hydrogens is 502 g/mol. The van der Waals surface area contributed by atoms with E-state index in [2.05, 4.69) is 31.8 Å². The van der Waals surface area contributed by atoms with Crippen LogP contribution in [0.2, 0.25) is 0 Å². The molecule has 0 unspecified atom stereocenters. The van der Waals surface area contributed by atoms with Crippen molar-refractivity contribution >= 4 is 39.6 Å². The molecule has 2 N–H and O–H groups in total. The summed E-state index contributed by atoms with van der Waals surface area (Å²) in [7, 11) is 1.50. The van der Waals surface area contributed by atoms with Gasteiger partial charge in [0.05, 0.1) is 13.3 Å². The first-order chi connectivity index (χ1) is 16.4. The first-order valence-corrected chi connectivity index (χ1v) is 11.1. The van der Waals surface area contributed by atoms with Crippen molar-refractivity contribution in [2.24, 2.45) is 5.10 Å². The maximum atomic E-state index is 12.2. The van der Waals surface area contributed by atoms with Gasteiger partial charge in [-0.15, -0.1) is 0 Å². The Morgan fingerprint density at radius 1 is 0.941 bits per heavy atom. The third-order valence-corrected chi connectivity index (χ3v) is 4.94. The first kappa shape index (κ1) is 24.8. The Labute approximate surface area is 206 Å². The van der Waals surface area contributed by atoms with E-state index in [0.29, 0.717) is 28.5 Å². The number of hydrogen-bond donors (Lipinski definition) is 2. The summed E-state index contributed by atoms with van der Waals surface area (Å²) in [6.07, 6.45) is 1.47. The molecule has 2 amide bonds. The van der Waals surface area contributed by atoms with E-state index in [1.54, 1.807) is 30.3 Å². The highest BCUT2D eigenvalue weighted by Crippen LogP contribution is 2.27. The number of halogens is 1. The van der Waals surface area contributed by atoms with Crippen molar-refractivity contribution in [2.75, 3.05) is 25.6 Å². The molecule has 3 aromatic carbocycles. The van der Waals surface area contributed by atoms with Crippen LogP contribution in [-0.4, -0.2) is 38.4 Å². The van der Waals surface area contributed by atoms with Crippen molar-refractivity contribution in [3.63, 3.8) is 0 Å². The standard InChI is InChI=1S/C25H24BrN3O5/c1-17-6-9-20(10-7-17)28-24(30)15-34-22-11-8-18(12-23(22)32-2)14-27-29-25(31)16-33-21-5-3-4-19(26)13-21/h3-14H,15-16H2,1-2H3,(H,28,30)(H,29,31)/b27-14-. The highest BCUT2D eigenvalue weighted by molar-refractivity contribution is 9.10. The molecule has 0 saturated heterocycles. The van der Waals surface area contributed by atoms with Gasteiger partial charge in [-0.25, -0.2) is 5.43 Å². The Kier molecular flexibility index (Phi) is 9.04. The third-order valence-electron chi connectivity index (χ3n) is 4.45. The van der Waals surface area contributed by atoms with Gasteiger partial charge in [-0.1, -0.05) is 39.7 Å². The third kappa shape index (κ3) is 7.93. The molecule has 176 valence electrons. The number of methoxy groups -OCH3 is 1. The van der Waals surface area contributed by atoms with Gasteiger partial charge in [-0.2, -0.15) is 5.10 Å². The molecule has 0 spiro atoms. The summed E-state index contributed by atoms with van der Waals surface area (Å²) in [5.41, 5.74) is 4.88. The van der Waals surface area contributed by atoms with E-state index in [-0.39, 0.29) is 19.1 Å². The molecule has 3 aromatic rings. The molecule has 9 heteroatoms. The van der Waals surface area contributed by atoms with Gasteiger partial charge in [-0.05, 0) is 61.0 Å². The number of carbonyl (C=O) groups excluding carboxylic acids is 2. The molecule has 0 fully saturated rings. The van der Waals surface area contributed by atoms with Gasteiger partial charge in [-0.3, -0.25) is 9.59 Å². The molecule has 0 bridgehead atoms. The number of hydrogen-bond acceptors (Lipinski definition) is 6. The van der Waals surface area contributed by atoms with Crippen LogP contribution in [-0.2, 0) is 9.59 Å². The van der Waals surface area contributed by atoms with Crippen molar-refractivity contribution in [2.45, 2.75) is 6.92 Å². The van der Waals surface area contributed by atoms with Crippen LogP contribution in [0.3, 0.4) is 0 Å². The molecule has 0 heterocycles. The predicted molar refractivity (Wildman–Crippen MR) is 134 cm³/mol. The minimum Gasteiger partial charge on any atom is -0.493 e. The maximum absolute atomic E-state index is 12.2. The molecule has 8 nitrogen and oxygen atoms in total. The van der Waals surface area contributed by atoms with Crippen molar-refractivity contribution in [3.8, 4) is 17.2 Å². The molecule has 0 aromatic heterocycles. The Morgan fingerprint density at radius 3 is 2.44 bits per heavy atom. The van der Waals surface area contributed by atoms with Gasteiger partial charge in [0.2, 0.25) is 0 Å². The number of amides is 2. The molecule has 0 radical (unpaired) electrons. The minimum atomic E-state index is -0.400. The van der Waals surface area contributed by atoms with Crippen molar-refractivity contribution in [1.82, 2.24) is 5.43 Å². The average Bonchev–Trinajstić information content (AvgIpc) is 2.83. The predicted octanol–water partition coefficient (Wildman–Crippen LogP) is 4.31. The van der Waals surface area contributed by atoms with Crippen LogP contribution < -0.4 is 25.0 Å². The van der Waals surface area contributed by atoms with Gasteiger partial charge >= 0.3 is 0 Å². The number of aryl methyl sites for hydroxylation is 1. The molecule has 0 saturated carbocycles. The van der Waals surface area contributed by atoms with E-state index in [4.69, 9.17) is 14.2 Å². The molecule has 0 atom stereocenters. The lowest BCUT2D eigenvalue weighted by Gasteiger charge is -2.11. The molecule has 0 aliphatic heterocycles. The zero-order chi connectivity index (χ0) is 24.3. The summed E-state index contributed by atoms with van der Waals surface area (Å²) >= 11 is 3.34. The lowest BCUT2D eigenvalue weighted by atomic mass is 10.2. The number of nitrogens with one attached hydrogen (secondary N) is 2. The van der Waals surface area contributed by atoms with Crippen LogP contribution in [0, 0.1) is 6.92 Å². The Balaban J connectivity index is 1.48. The minimum absolute atomic E-state index is 0.172. The molecular formula is C25H24BrN3O5. The van der Waals surface area contributed by atoms with E-state index in [9.17, 15) is 9.59 Å². The number of anilines is 1. The number of hydrazone groups is 1. The number of nitrogens with zero attached hydrogens (tertiary/aromatic N) is 1. The molecule has 0 aliphatic carbocycles. The average molecular weight is 526 g/mol. The van der Waals surface area contributed by atoms with Gasteiger partial charge in [0.15, 0.2) is 24.7 Å². The monoisotopic (exact) mass is 525 g/mol. The Bertz CT molecular complexity index is 1170. The summed E-state index contributed by atoms with van der Waals surface area (Å²) < 4.78 is 17.2. The number of rotatable bonds is 10. The highest BCUT2D eigenvalue weighted by atomic mass is 79.9. The Hall–Kier alpha value is -3.85. The zero-order valence-corrected chi connectivity index (χ0v) is 20.3. The fourth-order valence-electron chi connectivity index (χ4n) is 2.78. The van der Waals surface area contributed by atoms with Crippen LogP contribution >= 0.6 is 15.9 Å². The van der Waals surface area contributed by atoms with Crippen LogP contribution in [0.15, 0.2) is 76.3 Å². The van der Waals surface area contributed by atoms with Gasteiger partial charge in [0, 0.05) is 10.2 Å². The summed E-state index contributed by atoms with van der Waals surface area (Å²) in [6.45, 7) is 1.63. The van der Waals surface area contributed by atoms with Crippen LogP contribution in [0.25, 0.3) is 0 Å². The van der Waals surface area contributed by atoms with Gasteiger partial charge in [0.25, 0.3) is 11.8 Å². The fraction of sp³-hybridized carbons (Fsp3) is 0.160. The zero-order valence-electron chi connectivity index (χ0n) is 18.7. The van der Waals surface area contributed by atoms with Crippen molar-refractivity contribution in [3.05, 3.63) is 82.3 Å². The van der Waals surface area contributed by atoms with E-state index in [1.807, 2.05) is 43.3 Å². The molecule has 34 heavy (non-hydrogen) atoms. The molecule has 0 aliphatic rings. The van der Waals surface area contributed by atoms with E-state index >= 15 is 0 Å². The van der Waals surface area contributed by atoms with E-state index in [1.165, 1.54) is 13.3 Å².